The lowest BCUT2D eigenvalue weighted by molar-refractivity contribution is -0.137. The van der Waals surface area contributed by atoms with Crippen molar-refractivity contribution in [3.63, 3.8) is 0 Å². The van der Waals surface area contributed by atoms with E-state index in [1.54, 1.807) is 13.0 Å². The third-order valence-corrected chi connectivity index (χ3v) is 8.02. The van der Waals surface area contributed by atoms with Gasteiger partial charge in [0, 0.05) is 6.04 Å². The van der Waals surface area contributed by atoms with Crippen LogP contribution in [0.25, 0.3) is 33.0 Å². The molecule has 0 unspecified atom stereocenters. The largest absolute Gasteiger partial charge is 0.462 e. The van der Waals surface area contributed by atoms with Gasteiger partial charge in [-0.3, -0.25) is 0 Å². The molecule has 6 heteroatoms. The molecule has 2 aliphatic rings. The SMILES string of the molecule is CCOC(=O)c1cc(-c2ccc([C@@H]3C[C@@H]4C[C@H]3CN4)cc2)c2ccc(-c3ccc(C(F)(F)F)cc3)cc2c1. The van der Waals surface area contributed by atoms with Crippen LogP contribution in [-0.4, -0.2) is 25.2 Å². The average molecular weight is 516 g/mol. The van der Waals surface area contributed by atoms with Gasteiger partial charge >= 0.3 is 12.1 Å². The summed E-state index contributed by atoms with van der Waals surface area (Å²) < 4.78 is 44.4. The molecule has 3 nitrogen and oxygen atoms in total. The summed E-state index contributed by atoms with van der Waals surface area (Å²) in [7, 11) is 0. The fraction of sp³-hybridized carbons (Fsp3) is 0.281. The van der Waals surface area contributed by atoms with Crippen molar-refractivity contribution in [2.75, 3.05) is 13.2 Å². The quantitative estimate of drug-likeness (QED) is 0.275. The predicted molar refractivity (Wildman–Crippen MR) is 143 cm³/mol. The van der Waals surface area contributed by atoms with Gasteiger partial charge in [0.15, 0.2) is 0 Å². The number of alkyl halides is 3. The van der Waals surface area contributed by atoms with Crippen molar-refractivity contribution >= 4 is 16.7 Å². The molecule has 194 valence electrons. The zero-order valence-electron chi connectivity index (χ0n) is 21.0. The highest BCUT2D eigenvalue weighted by atomic mass is 19.4. The van der Waals surface area contributed by atoms with E-state index in [0.29, 0.717) is 29.0 Å². The fourth-order valence-electron chi connectivity index (χ4n) is 6.13. The first-order valence-corrected chi connectivity index (χ1v) is 13.1. The number of hydrogen-bond donors (Lipinski definition) is 1. The Morgan fingerprint density at radius 1 is 0.895 bits per heavy atom. The standard InChI is InChI=1S/C32H28F3NO2/c1-2-38-31(37)24-14-23-13-22(19-7-10-26(11-8-19)32(33,34)35)9-12-28(23)30(16-24)21-5-3-20(4-6-21)29-17-27-15-25(29)18-36-27/h3-14,16,25,27,29,36H,2,15,17-18H2,1H3/t25-,27-,29-/m0/s1. The molecule has 0 radical (unpaired) electrons. The van der Waals surface area contributed by atoms with Gasteiger partial charge in [-0.05, 0) is 107 Å². The molecule has 6 rings (SSSR count). The topological polar surface area (TPSA) is 38.3 Å². The van der Waals surface area contributed by atoms with E-state index in [9.17, 15) is 18.0 Å². The fourth-order valence-corrected chi connectivity index (χ4v) is 6.13. The van der Waals surface area contributed by atoms with Crippen LogP contribution in [0, 0.1) is 5.92 Å². The second-order valence-corrected chi connectivity index (χ2v) is 10.3. The number of nitrogens with one attached hydrogen (secondary N) is 1. The number of hydrogen-bond acceptors (Lipinski definition) is 3. The van der Waals surface area contributed by atoms with E-state index in [4.69, 9.17) is 4.74 Å². The van der Waals surface area contributed by atoms with E-state index in [1.807, 2.05) is 24.3 Å². The van der Waals surface area contributed by atoms with Crippen LogP contribution in [-0.2, 0) is 10.9 Å². The van der Waals surface area contributed by atoms with Gasteiger partial charge in [0.25, 0.3) is 0 Å². The number of esters is 1. The molecule has 0 spiro atoms. The van der Waals surface area contributed by atoms with Crippen LogP contribution >= 0.6 is 0 Å². The van der Waals surface area contributed by atoms with Gasteiger partial charge in [0.05, 0.1) is 17.7 Å². The highest BCUT2D eigenvalue weighted by Crippen LogP contribution is 2.44. The first kappa shape index (κ1) is 24.7. The normalized spacial score (nSPS) is 20.7. The molecule has 1 heterocycles. The molecular weight excluding hydrogens is 487 g/mol. The lowest BCUT2D eigenvalue weighted by atomic mass is 9.86. The van der Waals surface area contributed by atoms with Crippen molar-refractivity contribution < 1.29 is 22.7 Å². The van der Waals surface area contributed by atoms with E-state index in [1.165, 1.54) is 30.5 Å². The van der Waals surface area contributed by atoms with Gasteiger partial charge in [-0.2, -0.15) is 13.2 Å². The third-order valence-electron chi connectivity index (χ3n) is 8.02. The molecule has 1 aliphatic carbocycles. The summed E-state index contributed by atoms with van der Waals surface area (Å²) in [5, 5.41) is 5.36. The molecule has 38 heavy (non-hydrogen) atoms. The lowest BCUT2D eigenvalue weighted by Crippen LogP contribution is -2.28. The maximum Gasteiger partial charge on any atom is 0.416 e. The van der Waals surface area contributed by atoms with Crippen molar-refractivity contribution in [3.8, 4) is 22.3 Å². The number of ether oxygens (including phenoxy) is 1. The van der Waals surface area contributed by atoms with Crippen LogP contribution in [0.1, 0.15) is 47.2 Å². The Bertz CT molecular complexity index is 1490. The maximum atomic E-state index is 13.0. The zero-order chi connectivity index (χ0) is 26.4. The monoisotopic (exact) mass is 515 g/mol. The maximum absolute atomic E-state index is 13.0. The molecule has 4 aromatic carbocycles. The molecule has 3 atom stereocenters. The molecule has 1 saturated carbocycles. The molecule has 4 aromatic rings. The van der Waals surface area contributed by atoms with E-state index < -0.39 is 17.7 Å². The minimum absolute atomic E-state index is 0.269. The first-order valence-electron chi connectivity index (χ1n) is 13.1. The summed E-state index contributed by atoms with van der Waals surface area (Å²) in [5.41, 5.74) is 4.50. The lowest BCUT2D eigenvalue weighted by Gasteiger charge is -2.23. The highest BCUT2D eigenvalue weighted by molar-refractivity contribution is 6.04. The highest BCUT2D eigenvalue weighted by Gasteiger charge is 2.39. The molecule has 1 N–H and O–H groups in total. The minimum Gasteiger partial charge on any atom is -0.462 e. The van der Waals surface area contributed by atoms with Gasteiger partial charge in [-0.1, -0.05) is 48.5 Å². The summed E-state index contributed by atoms with van der Waals surface area (Å²) in [5.74, 6) is 0.883. The van der Waals surface area contributed by atoms with Crippen molar-refractivity contribution in [1.82, 2.24) is 5.32 Å². The van der Waals surface area contributed by atoms with E-state index in [-0.39, 0.29) is 6.61 Å². The summed E-state index contributed by atoms with van der Waals surface area (Å²) in [6, 6.07) is 23.9. The van der Waals surface area contributed by atoms with Crippen LogP contribution in [0.3, 0.4) is 0 Å². The molecular formula is C32H28F3NO2. The van der Waals surface area contributed by atoms with Crippen molar-refractivity contribution in [2.24, 2.45) is 5.92 Å². The van der Waals surface area contributed by atoms with Gasteiger partial charge in [-0.25, -0.2) is 4.79 Å². The molecule has 0 aromatic heterocycles. The number of carbonyl (C=O) groups is 1. The van der Waals surface area contributed by atoms with Crippen molar-refractivity contribution in [1.29, 1.82) is 0 Å². The van der Waals surface area contributed by atoms with E-state index in [2.05, 4.69) is 29.6 Å². The van der Waals surface area contributed by atoms with Crippen molar-refractivity contribution in [3.05, 3.63) is 95.6 Å². The number of piperidine rings is 1. The van der Waals surface area contributed by atoms with Crippen LogP contribution in [0.4, 0.5) is 13.2 Å². The summed E-state index contributed by atoms with van der Waals surface area (Å²) in [4.78, 5) is 12.7. The summed E-state index contributed by atoms with van der Waals surface area (Å²) in [6.45, 7) is 3.13. The molecule has 0 amide bonds. The van der Waals surface area contributed by atoms with E-state index in [0.717, 1.165) is 46.1 Å². The van der Waals surface area contributed by atoms with Gasteiger partial charge in [0.2, 0.25) is 0 Å². The Kier molecular flexibility index (Phi) is 6.23. The Morgan fingerprint density at radius 2 is 1.61 bits per heavy atom. The van der Waals surface area contributed by atoms with Crippen LogP contribution < -0.4 is 5.32 Å². The number of carbonyl (C=O) groups excluding carboxylic acids is 1. The van der Waals surface area contributed by atoms with Crippen molar-refractivity contribution in [2.45, 2.75) is 37.9 Å². The van der Waals surface area contributed by atoms with Crippen LogP contribution in [0.5, 0.6) is 0 Å². The Balaban J connectivity index is 1.39. The molecule has 1 aliphatic heterocycles. The number of benzene rings is 4. The summed E-state index contributed by atoms with van der Waals surface area (Å²) >= 11 is 0. The van der Waals surface area contributed by atoms with Gasteiger partial charge < -0.3 is 10.1 Å². The second-order valence-electron chi connectivity index (χ2n) is 10.3. The number of rotatable bonds is 5. The Morgan fingerprint density at radius 3 is 2.24 bits per heavy atom. The molecule has 2 bridgehead atoms. The molecule has 2 fully saturated rings. The zero-order valence-corrected chi connectivity index (χ0v) is 21.0. The van der Waals surface area contributed by atoms with Gasteiger partial charge in [-0.15, -0.1) is 0 Å². The average Bonchev–Trinajstić information content (AvgIpc) is 3.56. The number of halogens is 3. The Labute approximate surface area is 219 Å². The molecule has 1 saturated heterocycles. The second kappa shape index (κ2) is 9.59. The third kappa shape index (κ3) is 4.58. The van der Waals surface area contributed by atoms with Crippen LogP contribution in [0.2, 0.25) is 0 Å². The predicted octanol–water partition coefficient (Wildman–Crippen LogP) is 7.83. The number of fused-ring (bicyclic) bond motifs is 3. The Hall–Kier alpha value is -3.64. The van der Waals surface area contributed by atoms with Crippen LogP contribution in [0.15, 0.2) is 78.9 Å². The van der Waals surface area contributed by atoms with Gasteiger partial charge in [0.1, 0.15) is 0 Å². The smallest absolute Gasteiger partial charge is 0.416 e. The van der Waals surface area contributed by atoms with E-state index >= 15 is 0 Å². The minimum atomic E-state index is -4.38. The first-order chi connectivity index (χ1) is 18.3. The summed E-state index contributed by atoms with van der Waals surface area (Å²) in [6.07, 6.45) is -1.95.